The van der Waals surface area contributed by atoms with E-state index >= 15 is 0 Å². The van der Waals surface area contributed by atoms with E-state index in [0.717, 1.165) is 6.07 Å². The van der Waals surface area contributed by atoms with Crippen molar-refractivity contribution in [2.45, 2.75) is 19.1 Å². The van der Waals surface area contributed by atoms with Crippen molar-refractivity contribution in [3.05, 3.63) is 53.4 Å². The molecule has 6 heteroatoms. The highest BCUT2D eigenvalue weighted by Crippen LogP contribution is 2.19. The van der Waals surface area contributed by atoms with E-state index in [-0.39, 0.29) is 13.1 Å². The lowest BCUT2D eigenvalue weighted by atomic mass is 9.99. The normalized spacial score (nSPS) is 14.2. The van der Waals surface area contributed by atoms with Crippen molar-refractivity contribution in [3.63, 3.8) is 0 Å². The number of benzene rings is 1. The molecule has 0 radical (unpaired) electrons. The van der Waals surface area contributed by atoms with E-state index in [4.69, 9.17) is 0 Å². The number of nitrogens with one attached hydrogen (secondary N) is 1. The highest BCUT2D eigenvalue weighted by atomic mass is 19.1. The largest absolute Gasteiger partial charge is 0.384 e. The molecule has 0 saturated carbocycles. The van der Waals surface area contributed by atoms with Gasteiger partial charge in [-0.15, -0.1) is 0 Å². The van der Waals surface area contributed by atoms with E-state index in [1.165, 1.54) is 12.1 Å². The summed E-state index contributed by atoms with van der Waals surface area (Å²) in [7, 11) is 1.76. The zero-order valence-corrected chi connectivity index (χ0v) is 11.4. The Hall–Kier alpha value is -1.79. The number of rotatable bonds is 5. The van der Waals surface area contributed by atoms with Crippen LogP contribution < -0.4 is 5.32 Å². The minimum Gasteiger partial charge on any atom is -0.384 e. The van der Waals surface area contributed by atoms with Crippen LogP contribution in [-0.2, 0) is 19.2 Å². The molecule has 20 heavy (non-hydrogen) atoms. The van der Waals surface area contributed by atoms with E-state index in [1.807, 2.05) is 0 Å². The van der Waals surface area contributed by atoms with E-state index in [0.29, 0.717) is 11.1 Å². The molecule has 108 valence electrons. The summed E-state index contributed by atoms with van der Waals surface area (Å²) in [6.45, 7) is 2.09. The molecular weight excluding hydrogens is 264 g/mol. The van der Waals surface area contributed by atoms with Crippen LogP contribution in [0.4, 0.5) is 8.78 Å². The second-order valence-electron chi connectivity index (χ2n) is 5.02. The van der Waals surface area contributed by atoms with Gasteiger partial charge in [-0.25, -0.2) is 8.78 Å². The summed E-state index contributed by atoms with van der Waals surface area (Å²) in [6, 6.07) is 3.44. The Kier molecular flexibility index (Phi) is 4.15. The van der Waals surface area contributed by atoms with Crippen molar-refractivity contribution >= 4 is 0 Å². The molecule has 2 aromatic rings. The number of hydrogen-bond donors (Lipinski definition) is 2. The SMILES string of the molecule is Cn1cc(C(C)(O)CNCc2ccc(F)cc2F)cn1. The quantitative estimate of drug-likeness (QED) is 0.877. The molecule has 0 aliphatic carbocycles. The van der Waals surface area contributed by atoms with Gasteiger partial charge in [0.1, 0.15) is 17.2 Å². The van der Waals surface area contributed by atoms with Gasteiger partial charge >= 0.3 is 0 Å². The highest BCUT2D eigenvalue weighted by molar-refractivity contribution is 5.19. The second kappa shape index (κ2) is 5.68. The molecule has 0 amide bonds. The second-order valence-corrected chi connectivity index (χ2v) is 5.02. The third-order valence-corrected chi connectivity index (χ3v) is 3.13. The minimum atomic E-state index is -1.11. The number of aromatic nitrogens is 2. The molecule has 1 aromatic heterocycles. The van der Waals surface area contributed by atoms with Crippen LogP contribution in [0.5, 0.6) is 0 Å². The Morgan fingerprint density at radius 2 is 2.15 bits per heavy atom. The first kappa shape index (κ1) is 14.6. The van der Waals surface area contributed by atoms with Gasteiger partial charge in [-0.2, -0.15) is 5.10 Å². The van der Waals surface area contributed by atoms with Crippen molar-refractivity contribution in [3.8, 4) is 0 Å². The fourth-order valence-electron chi connectivity index (χ4n) is 1.91. The van der Waals surface area contributed by atoms with Crippen molar-refractivity contribution in [1.82, 2.24) is 15.1 Å². The van der Waals surface area contributed by atoms with Crippen LogP contribution >= 0.6 is 0 Å². The van der Waals surface area contributed by atoms with Crippen molar-refractivity contribution in [2.24, 2.45) is 7.05 Å². The first-order valence-corrected chi connectivity index (χ1v) is 6.24. The third-order valence-electron chi connectivity index (χ3n) is 3.13. The number of nitrogens with zero attached hydrogens (tertiary/aromatic N) is 2. The van der Waals surface area contributed by atoms with Gasteiger partial charge in [0.2, 0.25) is 0 Å². The van der Waals surface area contributed by atoms with Gasteiger partial charge in [-0.1, -0.05) is 6.07 Å². The Balaban J connectivity index is 1.95. The Morgan fingerprint density at radius 1 is 1.40 bits per heavy atom. The van der Waals surface area contributed by atoms with Crippen LogP contribution in [0.1, 0.15) is 18.1 Å². The molecule has 1 unspecified atom stereocenters. The van der Waals surface area contributed by atoms with Crippen LogP contribution in [-0.4, -0.2) is 21.4 Å². The summed E-state index contributed by atoms with van der Waals surface area (Å²) in [6.07, 6.45) is 3.31. The average Bonchev–Trinajstić information content (AvgIpc) is 2.79. The van der Waals surface area contributed by atoms with Crippen LogP contribution in [0.25, 0.3) is 0 Å². The molecule has 1 heterocycles. The highest BCUT2D eigenvalue weighted by Gasteiger charge is 2.24. The maximum atomic E-state index is 13.4. The predicted molar refractivity (Wildman–Crippen MR) is 70.8 cm³/mol. The first-order chi connectivity index (χ1) is 9.38. The number of aryl methyl sites for hydroxylation is 1. The maximum Gasteiger partial charge on any atom is 0.130 e. The molecule has 0 fully saturated rings. The third kappa shape index (κ3) is 3.40. The summed E-state index contributed by atoms with van der Waals surface area (Å²) in [5.41, 5.74) is -0.0782. The summed E-state index contributed by atoms with van der Waals surface area (Å²) in [4.78, 5) is 0. The van der Waals surface area contributed by atoms with Gasteiger partial charge in [0, 0.05) is 43.5 Å². The average molecular weight is 281 g/mol. The van der Waals surface area contributed by atoms with Gasteiger partial charge in [0.05, 0.1) is 6.20 Å². The van der Waals surface area contributed by atoms with E-state index in [9.17, 15) is 13.9 Å². The number of aliphatic hydroxyl groups is 1. The Labute approximate surface area is 116 Å². The molecule has 0 aliphatic rings. The van der Waals surface area contributed by atoms with Crippen LogP contribution in [0.2, 0.25) is 0 Å². The summed E-state index contributed by atoms with van der Waals surface area (Å²) >= 11 is 0. The smallest absolute Gasteiger partial charge is 0.130 e. The van der Waals surface area contributed by atoms with E-state index < -0.39 is 17.2 Å². The molecule has 0 spiro atoms. The van der Waals surface area contributed by atoms with Crippen molar-refractivity contribution in [1.29, 1.82) is 0 Å². The lowest BCUT2D eigenvalue weighted by Crippen LogP contribution is -2.35. The Bertz CT molecular complexity index is 596. The monoisotopic (exact) mass is 281 g/mol. The zero-order valence-electron chi connectivity index (χ0n) is 11.4. The first-order valence-electron chi connectivity index (χ1n) is 6.24. The topological polar surface area (TPSA) is 50.1 Å². The van der Waals surface area contributed by atoms with Gasteiger partial charge in [-0.3, -0.25) is 4.68 Å². The summed E-state index contributed by atoms with van der Waals surface area (Å²) < 4.78 is 27.8. The Morgan fingerprint density at radius 3 is 2.75 bits per heavy atom. The van der Waals surface area contributed by atoms with Crippen LogP contribution in [0, 0.1) is 11.6 Å². The van der Waals surface area contributed by atoms with Gasteiger partial charge in [0.15, 0.2) is 0 Å². The molecule has 4 nitrogen and oxygen atoms in total. The predicted octanol–water partition coefficient (Wildman–Crippen LogP) is 1.70. The number of hydrogen-bond acceptors (Lipinski definition) is 3. The van der Waals surface area contributed by atoms with Crippen molar-refractivity contribution < 1.29 is 13.9 Å². The molecule has 0 saturated heterocycles. The molecule has 0 bridgehead atoms. The van der Waals surface area contributed by atoms with Crippen LogP contribution in [0.15, 0.2) is 30.6 Å². The lowest BCUT2D eigenvalue weighted by Gasteiger charge is -2.22. The van der Waals surface area contributed by atoms with Gasteiger partial charge < -0.3 is 10.4 Å². The van der Waals surface area contributed by atoms with E-state index in [2.05, 4.69) is 10.4 Å². The fourth-order valence-corrected chi connectivity index (χ4v) is 1.91. The number of halogens is 2. The molecule has 2 rings (SSSR count). The molecule has 0 aliphatic heterocycles. The molecular formula is C14H17F2N3O. The van der Waals surface area contributed by atoms with Gasteiger partial charge in [-0.05, 0) is 13.0 Å². The van der Waals surface area contributed by atoms with Gasteiger partial charge in [0.25, 0.3) is 0 Å². The molecule has 1 atom stereocenters. The summed E-state index contributed by atoms with van der Waals surface area (Å²) in [5.74, 6) is -1.20. The standard InChI is InChI=1S/C14H17F2N3O/c1-14(20,11-7-18-19(2)8-11)9-17-6-10-3-4-12(15)5-13(10)16/h3-5,7-8,17,20H,6,9H2,1-2H3. The van der Waals surface area contributed by atoms with E-state index in [1.54, 1.807) is 31.0 Å². The molecule has 1 aromatic carbocycles. The zero-order chi connectivity index (χ0) is 14.8. The summed E-state index contributed by atoms with van der Waals surface area (Å²) in [5, 5.41) is 17.3. The van der Waals surface area contributed by atoms with Crippen molar-refractivity contribution in [2.75, 3.05) is 6.54 Å². The van der Waals surface area contributed by atoms with Crippen LogP contribution in [0.3, 0.4) is 0 Å². The lowest BCUT2D eigenvalue weighted by molar-refractivity contribution is 0.0565. The fraction of sp³-hybridized carbons (Fsp3) is 0.357. The maximum absolute atomic E-state index is 13.4. The minimum absolute atomic E-state index is 0.211. The molecule has 2 N–H and O–H groups in total.